The largest absolute Gasteiger partial charge is 0.478 e. The number of carbonyl (C=O) groups is 1. The lowest BCUT2D eigenvalue weighted by atomic mass is 10.2. The highest BCUT2D eigenvalue weighted by molar-refractivity contribution is 5.80. The summed E-state index contributed by atoms with van der Waals surface area (Å²) >= 11 is 0. The first kappa shape index (κ1) is 12.2. The highest BCUT2D eigenvalue weighted by Crippen LogP contribution is 2.08. The van der Waals surface area contributed by atoms with Crippen molar-refractivity contribution in [3.8, 4) is 0 Å². The third-order valence-corrected chi connectivity index (χ3v) is 2.89. The van der Waals surface area contributed by atoms with Gasteiger partial charge in [-0.2, -0.15) is 0 Å². The van der Waals surface area contributed by atoms with Gasteiger partial charge in [0.15, 0.2) is 0 Å². The van der Waals surface area contributed by atoms with E-state index >= 15 is 0 Å². The smallest absolute Gasteiger partial charge is 0.328 e. The Labute approximate surface area is 91.2 Å². The zero-order valence-corrected chi connectivity index (χ0v) is 9.73. The van der Waals surface area contributed by atoms with E-state index in [0.717, 1.165) is 31.8 Å². The van der Waals surface area contributed by atoms with Gasteiger partial charge in [-0.1, -0.05) is 5.57 Å². The quantitative estimate of drug-likeness (QED) is 0.698. The third-order valence-electron chi connectivity index (χ3n) is 2.89. The molecule has 0 saturated carbocycles. The van der Waals surface area contributed by atoms with Gasteiger partial charge in [0, 0.05) is 38.3 Å². The maximum Gasteiger partial charge on any atom is 0.328 e. The van der Waals surface area contributed by atoms with Crippen LogP contribution in [0.2, 0.25) is 0 Å². The lowest BCUT2D eigenvalue weighted by Gasteiger charge is -2.37. The monoisotopic (exact) mass is 212 g/mol. The molecule has 4 heteroatoms. The Kier molecular flexibility index (Phi) is 4.29. The van der Waals surface area contributed by atoms with Crippen molar-refractivity contribution in [1.29, 1.82) is 0 Å². The Bertz CT molecular complexity index is 263. The van der Waals surface area contributed by atoms with E-state index in [-0.39, 0.29) is 0 Å². The molecule has 0 aliphatic carbocycles. The van der Waals surface area contributed by atoms with Gasteiger partial charge in [-0.3, -0.25) is 4.90 Å². The van der Waals surface area contributed by atoms with Crippen LogP contribution in [0, 0.1) is 0 Å². The minimum absolute atomic E-state index is 0.552. The van der Waals surface area contributed by atoms with E-state index in [1.54, 1.807) is 0 Å². The molecule has 1 heterocycles. The van der Waals surface area contributed by atoms with E-state index in [9.17, 15) is 4.79 Å². The molecule has 1 aliphatic heterocycles. The molecular formula is C11H20N2O2. The van der Waals surface area contributed by atoms with Crippen LogP contribution in [0.1, 0.15) is 13.8 Å². The van der Waals surface area contributed by atoms with Crippen LogP contribution in [0.5, 0.6) is 0 Å². The fourth-order valence-corrected chi connectivity index (χ4v) is 1.88. The average Bonchev–Trinajstić information content (AvgIpc) is 2.10. The number of nitrogens with zero attached hydrogens (tertiary/aromatic N) is 2. The van der Waals surface area contributed by atoms with E-state index in [1.165, 1.54) is 6.08 Å². The first-order valence-corrected chi connectivity index (χ1v) is 5.31. The molecule has 0 radical (unpaired) electrons. The summed E-state index contributed by atoms with van der Waals surface area (Å²) in [5.74, 6) is -0.852. The van der Waals surface area contributed by atoms with Crippen molar-refractivity contribution in [3.05, 3.63) is 11.6 Å². The summed E-state index contributed by atoms with van der Waals surface area (Å²) in [5.41, 5.74) is 0.916. The summed E-state index contributed by atoms with van der Waals surface area (Å²) in [6.45, 7) is 7.93. The molecule has 1 atom stereocenters. The lowest BCUT2D eigenvalue weighted by Crippen LogP contribution is -2.50. The highest BCUT2D eigenvalue weighted by atomic mass is 16.4. The molecule has 86 valence electrons. The number of piperazine rings is 1. The molecule has 0 bridgehead atoms. The molecule has 1 aliphatic rings. The Morgan fingerprint density at radius 2 is 2.20 bits per heavy atom. The van der Waals surface area contributed by atoms with Crippen LogP contribution < -0.4 is 0 Å². The van der Waals surface area contributed by atoms with Crippen molar-refractivity contribution in [3.63, 3.8) is 0 Å². The van der Waals surface area contributed by atoms with Crippen molar-refractivity contribution in [2.45, 2.75) is 19.9 Å². The summed E-state index contributed by atoms with van der Waals surface area (Å²) in [6.07, 6.45) is 1.29. The molecule has 0 aromatic heterocycles. The number of carboxylic acids is 1. The molecular weight excluding hydrogens is 192 g/mol. The molecule has 0 spiro atoms. The van der Waals surface area contributed by atoms with Gasteiger partial charge in [-0.05, 0) is 20.9 Å². The zero-order chi connectivity index (χ0) is 11.4. The fraction of sp³-hybridized carbons (Fsp3) is 0.727. The summed E-state index contributed by atoms with van der Waals surface area (Å²) < 4.78 is 0. The van der Waals surface area contributed by atoms with Crippen LogP contribution in [0.15, 0.2) is 11.6 Å². The average molecular weight is 212 g/mol. The van der Waals surface area contributed by atoms with E-state index < -0.39 is 5.97 Å². The number of hydrogen-bond acceptors (Lipinski definition) is 3. The maximum absolute atomic E-state index is 10.5. The second kappa shape index (κ2) is 5.28. The Morgan fingerprint density at radius 3 is 2.73 bits per heavy atom. The van der Waals surface area contributed by atoms with Crippen molar-refractivity contribution >= 4 is 5.97 Å². The maximum atomic E-state index is 10.5. The molecule has 1 N–H and O–H groups in total. The van der Waals surface area contributed by atoms with Crippen molar-refractivity contribution < 1.29 is 9.90 Å². The van der Waals surface area contributed by atoms with Crippen LogP contribution in [0.25, 0.3) is 0 Å². The molecule has 0 aromatic rings. The van der Waals surface area contributed by atoms with Crippen LogP contribution in [0.3, 0.4) is 0 Å². The summed E-state index contributed by atoms with van der Waals surface area (Å²) in [7, 11) is 2.13. The predicted molar refractivity (Wildman–Crippen MR) is 59.9 cm³/mol. The summed E-state index contributed by atoms with van der Waals surface area (Å²) in [6, 6.07) is 0.552. The number of rotatable bonds is 3. The highest BCUT2D eigenvalue weighted by Gasteiger charge is 2.20. The van der Waals surface area contributed by atoms with Gasteiger partial charge in [-0.25, -0.2) is 4.79 Å². The minimum Gasteiger partial charge on any atom is -0.478 e. The standard InChI is InChI=1S/C11H20N2O2/c1-9(6-11(14)15)7-13-5-4-12(3)10(2)8-13/h6,10H,4-5,7-8H2,1-3H3,(H,14,15). The van der Waals surface area contributed by atoms with E-state index in [1.807, 2.05) is 6.92 Å². The minimum atomic E-state index is -0.852. The molecule has 0 amide bonds. The van der Waals surface area contributed by atoms with E-state index in [0.29, 0.717) is 6.04 Å². The normalized spacial score (nSPS) is 25.5. The third kappa shape index (κ3) is 4.01. The molecule has 4 nitrogen and oxygen atoms in total. The first-order valence-electron chi connectivity index (χ1n) is 5.31. The van der Waals surface area contributed by atoms with E-state index in [4.69, 9.17) is 5.11 Å². The van der Waals surface area contributed by atoms with Crippen molar-refractivity contribution in [1.82, 2.24) is 9.80 Å². The predicted octanol–water partition coefficient (Wildman–Crippen LogP) is 0.653. The Hall–Kier alpha value is -0.870. The number of hydrogen-bond donors (Lipinski definition) is 1. The fourth-order valence-electron chi connectivity index (χ4n) is 1.88. The van der Waals surface area contributed by atoms with Crippen LogP contribution in [-0.2, 0) is 4.79 Å². The molecule has 0 aromatic carbocycles. The SMILES string of the molecule is CC(=CC(=O)O)CN1CCN(C)C(C)C1. The first-order chi connectivity index (χ1) is 6.99. The van der Waals surface area contributed by atoms with Gasteiger partial charge < -0.3 is 10.0 Å². The van der Waals surface area contributed by atoms with Crippen molar-refractivity contribution in [2.24, 2.45) is 0 Å². The lowest BCUT2D eigenvalue weighted by molar-refractivity contribution is -0.131. The van der Waals surface area contributed by atoms with Crippen LogP contribution >= 0.6 is 0 Å². The van der Waals surface area contributed by atoms with Crippen LogP contribution in [-0.4, -0.2) is 60.1 Å². The number of likely N-dealkylation sites (N-methyl/N-ethyl adjacent to an activating group) is 1. The van der Waals surface area contributed by atoms with Gasteiger partial charge in [0.25, 0.3) is 0 Å². The number of aliphatic carboxylic acids is 1. The van der Waals surface area contributed by atoms with E-state index in [2.05, 4.69) is 23.8 Å². The molecule has 1 fully saturated rings. The van der Waals surface area contributed by atoms with Gasteiger partial charge >= 0.3 is 5.97 Å². The number of carboxylic acid groups (broad SMARTS) is 1. The zero-order valence-electron chi connectivity index (χ0n) is 9.73. The Balaban J connectivity index is 2.43. The van der Waals surface area contributed by atoms with Crippen LogP contribution in [0.4, 0.5) is 0 Å². The molecule has 15 heavy (non-hydrogen) atoms. The van der Waals surface area contributed by atoms with Gasteiger partial charge in [0.2, 0.25) is 0 Å². The molecule has 1 unspecified atom stereocenters. The molecule has 1 rings (SSSR count). The summed E-state index contributed by atoms with van der Waals surface area (Å²) in [4.78, 5) is 15.1. The second-order valence-electron chi connectivity index (χ2n) is 4.39. The van der Waals surface area contributed by atoms with Gasteiger partial charge in [0.1, 0.15) is 0 Å². The van der Waals surface area contributed by atoms with Gasteiger partial charge in [0.05, 0.1) is 0 Å². The molecule has 1 saturated heterocycles. The summed E-state index contributed by atoms with van der Waals surface area (Å²) in [5, 5.41) is 8.60. The Morgan fingerprint density at radius 1 is 1.53 bits per heavy atom. The van der Waals surface area contributed by atoms with Crippen molar-refractivity contribution in [2.75, 3.05) is 33.2 Å². The second-order valence-corrected chi connectivity index (χ2v) is 4.39. The van der Waals surface area contributed by atoms with Gasteiger partial charge in [-0.15, -0.1) is 0 Å². The topological polar surface area (TPSA) is 43.8 Å².